The summed E-state index contributed by atoms with van der Waals surface area (Å²) in [4.78, 5) is 74.5. The van der Waals surface area contributed by atoms with Gasteiger partial charge in [0.25, 0.3) is 5.08 Å². The molecular weight excluding hydrogens is 627 g/mol. The molecule has 0 aliphatic heterocycles. The van der Waals surface area contributed by atoms with Crippen molar-refractivity contribution in [2.75, 3.05) is 49.4 Å². The minimum atomic E-state index is -5.54. The Morgan fingerprint density at radius 3 is 1.90 bits per heavy atom. The largest absolute Gasteiger partial charge is 0.369 e. The maximum absolute atomic E-state index is 12.3. The van der Waals surface area contributed by atoms with Crippen molar-refractivity contribution in [3.05, 3.63) is 29.8 Å². The maximum Gasteiger partial charge on any atom is 0.369 e. The van der Waals surface area contributed by atoms with Crippen LogP contribution in [0.25, 0.3) is 0 Å². The SMILES string of the molecule is N[C@@H](Cc1ccc(N(CCCl)CCCl)cc1)C(=O)NCC(=O)NCC(=O)NCCCCC(O)(P(=O)(O)O)P(=O)(O)O. The Kier molecular flexibility index (Phi) is 15.8. The van der Waals surface area contributed by atoms with E-state index in [1.165, 1.54) is 0 Å². The summed E-state index contributed by atoms with van der Waals surface area (Å²) < 4.78 is 22.6. The van der Waals surface area contributed by atoms with Crippen molar-refractivity contribution in [3.8, 4) is 0 Å². The maximum atomic E-state index is 12.3. The number of carbonyl (C=O) groups excluding carboxylic acids is 3. The normalized spacial score (nSPS) is 12.9. The zero-order chi connectivity index (χ0) is 31.3. The van der Waals surface area contributed by atoms with Gasteiger partial charge in [-0.15, -0.1) is 23.2 Å². The molecule has 0 aromatic heterocycles. The van der Waals surface area contributed by atoms with Crippen molar-refractivity contribution in [3.63, 3.8) is 0 Å². The lowest BCUT2D eigenvalue weighted by Gasteiger charge is -2.29. The lowest BCUT2D eigenvalue weighted by molar-refractivity contribution is -0.128. The quantitative estimate of drug-likeness (QED) is 0.0509. The van der Waals surface area contributed by atoms with E-state index < -0.39 is 63.5 Å². The Morgan fingerprint density at radius 1 is 0.878 bits per heavy atom. The van der Waals surface area contributed by atoms with Crippen molar-refractivity contribution < 1.29 is 48.2 Å². The van der Waals surface area contributed by atoms with Crippen molar-refractivity contribution >= 4 is 61.8 Å². The number of carbonyl (C=O) groups is 3. The van der Waals surface area contributed by atoms with E-state index in [0.29, 0.717) is 24.8 Å². The number of alkyl halides is 2. The first-order valence-electron chi connectivity index (χ1n) is 12.4. The number of benzene rings is 1. The molecule has 234 valence electrons. The van der Waals surface area contributed by atoms with E-state index in [9.17, 15) is 28.6 Å². The molecule has 1 atom stereocenters. The van der Waals surface area contributed by atoms with Gasteiger partial charge in [0, 0.05) is 37.1 Å². The summed E-state index contributed by atoms with van der Waals surface area (Å²) in [6.07, 6.45) is -0.877. The smallest absolute Gasteiger partial charge is 0.369 e. The standard InChI is InChI=1S/C22H37Cl2N5O10P2/c23-8-11-29(12-9-24)17-5-3-16(4-6-17)13-18(25)21(32)28-15-20(31)27-14-19(30)26-10-2-1-7-22(33,40(34,35)36)41(37,38)39/h3-6,18,33H,1-2,7-15,25H2,(H,26,30)(H,27,31)(H,28,32)(H2,34,35,36)(H2,37,38,39)/t18-/m0/s1. The van der Waals surface area contributed by atoms with Gasteiger partial charge in [0.05, 0.1) is 19.1 Å². The van der Waals surface area contributed by atoms with E-state index in [-0.39, 0.29) is 25.8 Å². The van der Waals surface area contributed by atoms with Crippen LogP contribution in [0.5, 0.6) is 0 Å². The van der Waals surface area contributed by atoms with Crippen LogP contribution in [-0.2, 0) is 29.9 Å². The molecular formula is C22H37Cl2N5O10P2. The van der Waals surface area contributed by atoms with Gasteiger partial charge < -0.3 is 51.3 Å². The van der Waals surface area contributed by atoms with Gasteiger partial charge in [-0.3, -0.25) is 23.5 Å². The van der Waals surface area contributed by atoms with E-state index in [1.807, 2.05) is 29.2 Å². The molecule has 19 heteroatoms. The molecule has 0 aliphatic carbocycles. The number of nitrogens with one attached hydrogen (secondary N) is 3. The molecule has 41 heavy (non-hydrogen) atoms. The third-order valence-corrected chi connectivity index (χ3v) is 10.1. The number of hydrogen-bond donors (Lipinski definition) is 9. The Hall–Kier alpha value is -1.77. The third kappa shape index (κ3) is 12.6. The van der Waals surface area contributed by atoms with E-state index in [1.54, 1.807) is 0 Å². The minimum Gasteiger partial charge on any atom is -0.369 e. The number of aliphatic hydroxyl groups is 1. The van der Waals surface area contributed by atoms with Gasteiger partial charge in [-0.25, -0.2) is 0 Å². The monoisotopic (exact) mass is 663 g/mol. The molecule has 0 saturated carbocycles. The highest BCUT2D eigenvalue weighted by Gasteiger charge is 2.58. The second kappa shape index (κ2) is 17.4. The van der Waals surface area contributed by atoms with Crippen LogP contribution in [0.4, 0.5) is 5.69 Å². The summed E-state index contributed by atoms with van der Waals surface area (Å²) in [6, 6.07) is 6.49. The Labute approximate surface area is 247 Å². The zero-order valence-electron chi connectivity index (χ0n) is 22.1. The van der Waals surface area contributed by atoms with E-state index in [2.05, 4.69) is 16.0 Å². The van der Waals surface area contributed by atoms with Gasteiger partial charge in [-0.1, -0.05) is 12.1 Å². The van der Waals surface area contributed by atoms with Crippen LogP contribution in [0, 0.1) is 0 Å². The van der Waals surface area contributed by atoms with Gasteiger partial charge in [0.15, 0.2) is 0 Å². The van der Waals surface area contributed by atoms with Gasteiger partial charge in [0.1, 0.15) is 0 Å². The summed E-state index contributed by atoms with van der Waals surface area (Å²) in [6.45, 7) is 0.347. The molecule has 0 spiro atoms. The number of halogens is 2. The highest BCUT2D eigenvalue weighted by Crippen LogP contribution is 2.69. The lowest BCUT2D eigenvalue weighted by Crippen LogP contribution is -2.47. The molecule has 0 fully saturated rings. The van der Waals surface area contributed by atoms with Crippen LogP contribution in [0.15, 0.2) is 24.3 Å². The molecule has 1 aromatic carbocycles. The molecule has 0 bridgehead atoms. The van der Waals surface area contributed by atoms with Gasteiger partial charge in [-0.2, -0.15) is 0 Å². The molecule has 1 rings (SSSR count). The second-order valence-corrected chi connectivity index (χ2v) is 13.8. The first-order chi connectivity index (χ1) is 19.1. The average molecular weight is 664 g/mol. The van der Waals surface area contributed by atoms with Gasteiger partial charge in [0.2, 0.25) is 17.7 Å². The Bertz CT molecular complexity index is 1070. The Morgan fingerprint density at radius 2 is 1.39 bits per heavy atom. The van der Waals surface area contributed by atoms with Crippen LogP contribution in [0.1, 0.15) is 24.8 Å². The molecule has 0 heterocycles. The van der Waals surface area contributed by atoms with E-state index in [4.69, 9.17) is 48.5 Å². The van der Waals surface area contributed by atoms with E-state index in [0.717, 1.165) is 11.3 Å². The lowest BCUT2D eigenvalue weighted by atomic mass is 10.1. The molecule has 0 radical (unpaired) electrons. The first kappa shape index (κ1) is 37.3. The first-order valence-corrected chi connectivity index (χ1v) is 16.7. The van der Waals surface area contributed by atoms with Crippen LogP contribution < -0.4 is 26.6 Å². The van der Waals surface area contributed by atoms with Crippen molar-refractivity contribution in [2.45, 2.75) is 36.8 Å². The van der Waals surface area contributed by atoms with Crippen LogP contribution >= 0.6 is 38.4 Å². The van der Waals surface area contributed by atoms with Crippen molar-refractivity contribution in [1.29, 1.82) is 0 Å². The number of nitrogens with zero attached hydrogens (tertiary/aromatic N) is 1. The molecule has 15 nitrogen and oxygen atoms in total. The summed E-state index contributed by atoms with van der Waals surface area (Å²) in [5, 5.41) is 13.4. The minimum absolute atomic E-state index is 0.0256. The number of unbranched alkanes of at least 4 members (excludes halogenated alkanes) is 1. The van der Waals surface area contributed by atoms with Crippen LogP contribution in [-0.4, -0.2) is 98.0 Å². The predicted molar refractivity (Wildman–Crippen MR) is 154 cm³/mol. The summed E-state index contributed by atoms with van der Waals surface area (Å²) >= 11 is 11.7. The van der Waals surface area contributed by atoms with Crippen molar-refractivity contribution in [1.82, 2.24) is 16.0 Å². The van der Waals surface area contributed by atoms with Gasteiger partial charge in [-0.05, 0) is 43.4 Å². The second-order valence-electron chi connectivity index (χ2n) is 9.01. The van der Waals surface area contributed by atoms with Crippen LogP contribution in [0.3, 0.4) is 0 Å². The molecule has 10 N–H and O–H groups in total. The molecule has 0 aliphatic rings. The fourth-order valence-electron chi connectivity index (χ4n) is 3.54. The van der Waals surface area contributed by atoms with Gasteiger partial charge >= 0.3 is 15.2 Å². The fourth-order valence-corrected chi connectivity index (χ4v) is 6.21. The van der Waals surface area contributed by atoms with E-state index >= 15 is 0 Å². The fraction of sp³-hybridized carbons (Fsp3) is 0.591. The highest BCUT2D eigenvalue weighted by molar-refractivity contribution is 7.72. The predicted octanol–water partition coefficient (Wildman–Crippen LogP) is -0.639. The average Bonchev–Trinajstić information content (AvgIpc) is 2.89. The number of amides is 3. The number of nitrogens with two attached hydrogens (primary N) is 1. The number of anilines is 1. The van der Waals surface area contributed by atoms with Crippen LogP contribution in [0.2, 0.25) is 0 Å². The molecule has 0 saturated heterocycles. The number of rotatable bonds is 19. The molecule has 1 aromatic rings. The zero-order valence-corrected chi connectivity index (χ0v) is 25.4. The summed E-state index contributed by atoms with van der Waals surface area (Å²) in [5.74, 6) is -0.952. The van der Waals surface area contributed by atoms with Crippen molar-refractivity contribution in [2.24, 2.45) is 5.73 Å². The topological polar surface area (TPSA) is 252 Å². The third-order valence-electron chi connectivity index (χ3n) is 5.87. The molecule has 0 unspecified atom stereocenters. The highest BCUT2D eigenvalue weighted by atomic mass is 35.5. The Balaban J connectivity index is 2.36. The summed E-state index contributed by atoms with van der Waals surface area (Å²) in [7, 11) is -11.1. The number of hydrogen-bond acceptors (Lipinski definition) is 8. The molecule has 3 amide bonds. The summed E-state index contributed by atoms with van der Waals surface area (Å²) in [5.41, 5.74) is 7.69.